The molecule has 0 aliphatic carbocycles. The smallest absolute Gasteiger partial charge is 0.254 e. The molecule has 3 heterocycles. The number of ether oxygens (including phenoxy) is 1. The molecule has 2 aromatic carbocycles. The lowest BCUT2D eigenvalue weighted by Crippen LogP contribution is -2.40. The summed E-state index contributed by atoms with van der Waals surface area (Å²) in [5, 5.41) is 0.899. The van der Waals surface area contributed by atoms with Crippen molar-refractivity contribution in [2.75, 3.05) is 31.2 Å². The average molecular weight is 429 g/mol. The van der Waals surface area contributed by atoms with E-state index in [9.17, 15) is 14.4 Å². The zero-order valence-electron chi connectivity index (χ0n) is 18.0. The van der Waals surface area contributed by atoms with E-state index in [1.165, 1.54) is 11.8 Å². The molecule has 0 spiro atoms. The molecule has 7 nitrogen and oxygen atoms in total. The number of rotatable bonds is 2. The summed E-state index contributed by atoms with van der Waals surface area (Å²) in [6.45, 7) is 3.74. The topological polar surface area (TPSA) is 71.9 Å². The molecule has 5 rings (SSSR count). The normalized spacial score (nSPS) is 17.3. The van der Waals surface area contributed by atoms with Gasteiger partial charge in [0.2, 0.25) is 11.7 Å². The molecule has 0 N–H and O–H groups in total. The maximum absolute atomic E-state index is 13.0. The van der Waals surface area contributed by atoms with Crippen molar-refractivity contribution >= 4 is 40.3 Å². The van der Waals surface area contributed by atoms with Gasteiger partial charge in [-0.25, -0.2) is 0 Å². The van der Waals surface area contributed by atoms with E-state index in [1.54, 1.807) is 29.2 Å². The molecule has 7 heteroatoms. The van der Waals surface area contributed by atoms with Crippen molar-refractivity contribution in [2.45, 2.75) is 6.92 Å². The quantitative estimate of drug-likeness (QED) is 0.587. The molecule has 0 bridgehead atoms. The van der Waals surface area contributed by atoms with Crippen molar-refractivity contribution in [2.24, 2.45) is 7.05 Å². The fourth-order valence-corrected chi connectivity index (χ4v) is 4.43. The number of para-hydroxylation sites is 1. The number of morpholine rings is 1. The first kappa shape index (κ1) is 20.2. The van der Waals surface area contributed by atoms with Crippen LogP contribution in [0.1, 0.15) is 33.3 Å². The number of hydrogen-bond donors (Lipinski definition) is 0. The minimum atomic E-state index is -0.216. The molecule has 162 valence electrons. The van der Waals surface area contributed by atoms with Crippen LogP contribution >= 0.6 is 0 Å². The van der Waals surface area contributed by atoms with Gasteiger partial charge in [-0.05, 0) is 42.5 Å². The Labute approximate surface area is 185 Å². The number of aromatic nitrogens is 1. The van der Waals surface area contributed by atoms with Crippen molar-refractivity contribution < 1.29 is 19.1 Å². The first-order valence-corrected chi connectivity index (χ1v) is 10.6. The van der Waals surface area contributed by atoms with Crippen LogP contribution in [0.3, 0.4) is 0 Å². The lowest BCUT2D eigenvalue weighted by Gasteiger charge is -2.26. The summed E-state index contributed by atoms with van der Waals surface area (Å²) in [4.78, 5) is 41.5. The van der Waals surface area contributed by atoms with Crippen LogP contribution in [-0.4, -0.2) is 53.4 Å². The van der Waals surface area contributed by atoms with E-state index in [1.807, 2.05) is 41.9 Å². The van der Waals surface area contributed by atoms with Crippen molar-refractivity contribution in [3.8, 4) is 0 Å². The summed E-state index contributed by atoms with van der Waals surface area (Å²) in [6, 6.07) is 14.7. The highest BCUT2D eigenvalue weighted by atomic mass is 16.5. The molecule has 1 saturated heterocycles. The van der Waals surface area contributed by atoms with Crippen LogP contribution in [0.4, 0.5) is 5.69 Å². The van der Waals surface area contributed by atoms with E-state index in [-0.39, 0.29) is 17.6 Å². The second kappa shape index (κ2) is 7.76. The molecule has 0 unspecified atom stereocenters. The van der Waals surface area contributed by atoms with Crippen molar-refractivity contribution in [3.05, 3.63) is 71.0 Å². The Balaban J connectivity index is 1.54. The van der Waals surface area contributed by atoms with Crippen LogP contribution in [0.5, 0.6) is 0 Å². The Kier molecular flexibility index (Phi) is 4.90. The summed E-state index contributed by atoms with van der Waals surface area (Å²) in [5.74, 6) is -0.404. The molecule has 0 saturated carbocycles. The largest absolute Gasteiger partial charge is 0.378 e. The molecule has 2 aliphatic rings. The van der Waals surface area contributed by atoms with Gasteiger partial charge in [0, 0.05) is 54.8 Å². The summed E-state index contributed by atoms with van der Waals surface area (Å²) in [7, 11) is 1.91. The number of nitrogens with zero attached hydrogens (tertiary/aromatic N) is 3. The number of hydrogen-bond acceptors (Lipinski definition) is 4. The Morgan fingerprint density at radius 3 is 2.53 bits per heavy atom. The third kappa shape index (κ3) is 3.22. The molecule has 3 aromatic rings. The number of Topliss-reactive ketones (excluding diaryl/α,β-unsaturated/α-hetero) is 1. The number of anilines is 1. The van der Waals surface area contributed by atoms with Crippen LogP contribution in [-0.2, 0) is 16.6 Å². The first-order valence-electron chi connectivity index (χ1n) is 10.6. The Morgan fingerprint density at radius 2 is 1.78 bits per heavy atom. The molecule has 2 aliphatic heterocycles. The van der Waals surface area contributed by atoms with E-state index >= 15 is 0 Å². The minimum Gasteiger partial charge on any atom is -0.378 e. The maximum atomic E-state index is 13.0. The second-order valence-corrected chi connectivity index (χ2v) is 8.04. The van der Waals surface area contributed by atoms with E-state index < -0.39 is 0 Å². The van der Waals surface area contributed by atoms with E-state index in [4.69, 9.17) is 4.74 Å². The van der Waals surface area contributed by atoms with Gasteiger partial charge >= 0.3 is 0 Å². The Bertz CT molecular complexity index is 1300. The van der Waals surface area contributed by atoms with E-state index in [0.29, 0.717) is 48.8 Å². The van der Waals surface area contributed by atoms with Crippen LogP contribution in [0.25, 0.3) is 17.0 Å². The van der Waals surface area contributed by atoms with Crippen LogP contribution in [0.15, 0.2) is 54.2 Å². The van der Waals surface area contributed by atoms with Gasteiger partial charge in [0.25, 0.3) is 5.91 Å². The molecule has 0 atom stereocenters. The van der Waals surface area contributed by atoms with Crippen molar-refractivity contribution in [1.29, 1.82) is 0 Å². The molecule has 1 aromatic heterocycles. The number of amides is 2. The highest BCUT2D eigenvalue weighted by Crippen LogP contribution is 2.36. The SMILES string of the molecule is CC(=O)N1C(=Cc2cc3cc(C(=O)N4CCOCC4)ccc3n2C)C(=O)c2ccccc21. The molecule has 1 fully saturated rings. The van der Waals surface area contributed by atoms with Crippen LogP contribution in [0.2, 0.25) is 0 Å². The number of carbonyl (C=O) groups is 3. The van der Waals surface area contributed by atoms with Gasteiger partial charge in [0.05, 0.1) is 24.6 Å². The number of carbonyl (C=O) groups excluding carboxylic acids is 3. The van der Waals surface area contributed by atoms with Gasteiger partial charge in [-0.3, -0.25) is 19.3 Å². The molecule has 0 radical (unpaired) electrons. The number of allylic oxidation sites excluding steroid dienone is 1. The van der Waals surface area contributed by atoms with Gasteiger partial charge in [-0.2, -0.15) is 0 Å². The summed E-state index contributed by atoms with van der Waals surface area (Å²) < 4.78 is 7.29. The summed E-state index contributed by atoms with van der Waals surface area (Å²) in [6.07, 6.45) is 1.74. The molecular weight excluding hydrogens is 406 g/mol. The zero-order valence-corrected chi connectivity index (χ0v) is 18.0. The predicted molar refractivity (Wildman–Crippen MR) is 122 cm³/mol. The van der Waals surface area contributed by atoms with Gasteiger partial charge < -0.3 is 14.2 Å². The second-order valence-electron chi connectivity index (χ2n) is 8.04. The third-order valence-corrected chi connectivity index (χ3v) is 6.09. The van der Waals surface area contributed by atoms with E-state index in [2.05, 4.69) is 0 Å². The van der Waals surface area contributed by atoms with Gasteiger partial charge in [-0.15, -0.1) is 0 Å². The highest BCUT2D eigenvalue weighted by molar-refractivity contribution is 6.26. The predicted octanol–water partition coefficient (Wildman–Crippen LogP) is 3.24. The maximum Gasteiger partial charge on any atom is 0.254 e. The minimum absolute atomic E-state index is 0.0110. The zero-order chi connectivity index (χ0) is 22.4. The number of benzene rings is 2. The number of ketones is 1. The van der Waals surface area contributed by atoms with E-state index in [0.717, 1.165) is 16.6 Å². The molecular formula is C25H23N3O4. The number of fused-ring (bicyclic) bond motifs is 2. The average Bonchev–Trinajstić information content (AvgIpc) is 3.27. The standard InChI is InChI=1S/C25H23N3O4/c1-16(29)28-22-6-4-3-5-20(22)24(30)23(28)15-19-14-18-13-17(7-8-21(18)26(19)2)25(31)27-9-11-32-12-10-27/h3-8,13-15H,9-12H2,1-2H3. The Morgan fingerprint density at radius 1 is 1.03 bits per heavy atom. The summed E-state index contributed by atoms with van der Waals surface area (Å²) >= 11 is 0. The fraction of sp³-hybridized carbons (Fsp3) is 0.240. The van der Waals surface area contributed by atoms with Crippen LogP contribution in [0, 0.1) is 0 Å². The van der Waals surface area contributed by atoms with Crippen molar-refractivity contribution in [1.82, 2.24) is 9.47 Å². The van der Waals surface area contributed by atoms with Gasteiger partial charge in [0.15, 0.2) is 0 Å². The van der Waals surface area contributed by atoms with Gasteiger partial charge in [-0.1, -0.05) is 12.1 Å². The lowest BCUT2D eigenvalue weighted by molar-refractivity contribution is -0.116. The lowest BCUT2D eigenvalue weighted by atomic mass is 10.1. The van der Waals surface area contributed by atoms with Crippen molar-refractivity contribution in [3.63, 3.8) is 0 Å². The first-order chi connectivity index (χ1) is 15.5. The summed E-state index contributed by atoms with van der Waals surface area (Å²) in [5.41, 5.74) is 3.79. The Hall–Kier alpha value is -3.71. The highest BCUT2D eigenvalue weighted by Gasteiger charge is 2.34. The van der Waals surface area contributed by atoms with Crippen LogP contribution < -0.4 is 4.90 Å². The third-order valence-electron chi connectivity index (χ3n) is 6.09. The van der Waals surface area contributed by atoms with Gasteiger partial charge in [0.1, 0.15) is 0 Å². The molecule has 2 amide bonds. The fourth-order valence-electron chi connectivity index (χ4n) is 4.43. The number of aryl methyl sites for hydroxylation is 1. The monoisotopic (exact) mass is 429 g/mol. The molecule has 32 heavy (non-hydrogen) atoms.